The Morgan fingerprint density at radius 1 is 0.500 bits per heavy atom. The molecule has 3 aliphatic rings. The predicted octanol–water partition coefficient (Wildman–Crippen LogP) is 8.33. The van der Waals surface area contributed by atoms with Gasteiger partial charge in [-0.15, -0.1) is 9.13 Å². The van der Waals surface area contributed by atoms with Crippen LogP contribution in [0.3, 0.4) is 0 Å². The number of aryl methyl sites for hydroxylation is 2. The summed E-state index contributed by atoms with van der Waals surface area (Å²) in [4.78, 5) is 0. The molecule has 0 unspecified atom stereocenters. The van der Waals surface area contributed by atoms with Crippen molar-refractivity contribution >= 4 is 76.5 Å². The van der Waals surface area contributed by atoms with Gasteiger partial charge in [-0.2, -0.15) is 0 Å². The molecule has 0 N–H and O–H groups in total. The molecular weight excluding hydrogens is 564 g/mol. The summed E-state index contributed by atoms with van der Waals surface area (Å²) in [6.45, 7) is 4.55. The van der Waals surface area contributed by atoms with Crippen molar-refractivity contribution in [3.05, 3.63) is 132 Å². The summed E-state index contributed by atoms with van der Waals surface area (Å²) in [6.07, 6.45) is 4.61. The van der Waals surface area contributed by atoms with E-state index in [1.54, 1.807) is 0 Å². The lowest BCUT2D eigenvalue weighted by atomic mass is 9.87. The van der Waals surface area contributed by atoms with Gasteiger partial charge in [-0.25, -0.2) is 0 Å². The molecule has 0 saturated heterocycles. The lowest BCUT2D eigenvalue weighted by Gasteiger charge is -2.26. The maximum atomic E-state index is 6.97. The monoisotopic (exact) mass is 588 g/mol. The molecule has 4 aromatic carbocycles. The van der Waals surface area contributed by atoms with Crippen LogP contribution in [-0.2, 0) is 5.66 Å². The highest BCUT2D eigenvalue weighted by Crippen LogP contribution is 2.58. The van der Waals surface area contributed by atoms with E-state index in [1.165, 1.54) is 98.7 Å². The molecule has 5 nitrogen and oxygen atoms in total. The molecule has 46 heavy (non-hydrogen) atoms. The van der Waals surface area contributed by atoms with Crippen molar-refractivity contribution in [3.8, 4) is 11.5 Å². The molecule has 212 valence electrons. The van der Waals surface area contributed by atoms with Gasteiger partial charge in [-0.3, -0.25) is 0 Å². The Morgan fingerprint density at radius 2 is 0.957 bits per heavy atom. The number of pyridine rings is 4. The number of benzene rings is 4. The number of hydrogen-bond donors (Lipinski definition) is 0. The Labute approximate surface area is 261 Å². The first-order valence-corrected chi connectivity index (χ1v) is 16.0. The molecule has 0 bridgehead atoms. The van der Waals surface area contributed by atoms with Crippen LogP contribution in [0.5, 0.6) is 11.5 Å². The van der Waals surface area contributed by atoms with Gasteiger partial charge in [0, 0.05) is 22.9 Å². The Kier molecular flexibility index (Phi) is 3.35. The quantitative estimate of drug-likeness (QED) is 0.129. The van der Waals surface area contributed by atoms with E-state index in [4.69, 9.17) is 4.74 Å². The summed E-state index contributed by atoms with van der Waals surface area (Å²) >= 11 is 0. The summed E-state index contributed by atoms with van der Waals surface area (Å²) in [5, 5.41) is 7.69. The maximum Gasteiger partial charge on any atom is 0.425 e. The molecule has 1 spiro atoms. The minimum absolute atomic E-state index is 0.613. The lowest BCUT2D eigenvalue weighted by molar-refractivity contribution is -0.945. The number of fused-ring (bicyclic) bond motifs is 10. The zero-order valence-electron chi connectivity index (χ0n) is 25.1. The minimum Gasteiger partial charge on any atom is -0.456 e. The maximum absolute atomic E-state index is 6.97. The topological polar surface area (TPSA) is 25.8 Å². The smallest absolute Gasteiger partial charge is 0.425 e. The molecule has 3 aliphatic heterocycles. The fraction of sp³-hybridized carbons (Fsp3) is 0.0732. The van der Waals surface area contributed by atoms with Crippen LogP contribution in [0.1, 0.15) is 22.3 Å². The fourth-order valence-electron chi connectivity index (χ4n) is 10.1. The third-order valence-electron chi connectivity index (χ3n) is 11.6. The van der Waals surface area contributed by atoms with Gasteiger partial charge in [0.15, 0.2) is 23.5 Å². The van der Waals surface area contributed by atoms with Crippen LogP contribution < -0.4 is 13.9 Å². The van der Waals surface area contributed by atoms with Crippen LogP contribution >= 0.6 is 0 Å². The number of aromatic nitrogens is 4. The zero-order chi connectivity index (χ0) is 29.8. The first-order valence-electron chi connectivity index (χ1n) is 16.0. The van der Waals surface area contributed by atoms with Gasteiger partial charge in [0.2, 0.25) is 11.0 Å². The van der Waals surface area contributed by atoms with Crippen molar-refractivity contribution in [1.82, 2.24) is 8.80 Å². The lowest BCUT2D eigenvalue weighted by Crippen LogP contribution is -2.72. The van der Waals surface area contributed by atoms with Gasteiger partial charge >= 0.3 is 5.66 Å². The molecule has 9 heterocycles. The number of rotatable bonds is 0. The summed E-state index contributed by atoms with van der Waals surface area (Å²) in [5.41, 5.74) is 14.5. The number of nitrogens with zero attached hydrogens (tertiary/aromatic N) is 4. The van der Waals surface area contributed by atoms with Gasteiger partial charge in [-0.05, 0) is 73.5 Å². The number of para-hydroxylation sites is 2. The summed E-state index contributed by atoms with van der Waals surface area (Å²) in [6, 6.07) is 35.7. The van der Waals surface area contributed by atoms with Gasteiger partial charge in [0.25, 0.3) is 0 Å². The minimum atomic E-state index is -0.613. The third kappa shape index (κ3) is 1.99. The Hall–Kier alpha value is -5.94. The molecule has 0 aliphatic carbocycles. The van der Waals surface area contributed by atoms with E-state index in [-0.39, 0.29) is 0 Å². The van der Waals surface area contributed by atoms with Gasteiger partial charge in [-0.1, -0.05) is 36.4 Å². The van der Waals surface area contributed by atoms with E-state index in [1.807, 2.05) is 0 Å². The van der Waals surface area contributed by atoms with Crippen LogP contribution in [0.2, 0.25) is 0 Å². The Bertz CT molecular complexity index is 2980. The van der Waals surface area contributed by atoms with Crippen LogP contribution in [0, 0.1) is 13.8 Å². The first kappa shape index (κ1) is 22.6. The van der Waals surface area contributed by atoms with Crippen molar-refractivity contribution in [1.29, 1.82) is 0 Å². The largest absolute Gasteiger partial charge is 0.456 e. The van der Waals surface area contributed by atoms with Crippen LogP contribution in [-0.4, -0.2) is 8.80 Å². The SMILES string of the molecule is Cc1c2ccccc2n2c3ccc4c5c3c3c(ccc[n+]3C53c5c(ccc6c5c5c(ccc[n+]53)c3c(C)c5ccccc5n63)O4)c12. The molecular formula is C41H24N4O+2. The van der Waals surface area contributed by atoms with Crippen molar-refractivity contribution in [3.63, 3.8) is 0 Å². The summed E-state index contributed by atoms with van der Waals surface area (Å²) in [7, 11) is 0. The van der Waals surface area contributed by atoms with Crippen molar-refractivity contribution < 1.29 is 13.9 Å². The molecule has 13 rings (SSSR count). The van der Waals surface area contributed by atoms with E-state index in [2.05, 4.69) is 141 Å². The Balaban J connectivity index is 1.34. The van der Waals surface area contributed by atoms with E-state index in [0.717, 1.165) is 11.5 Å². The fourth-order valence-corrected chi connectivity index (χ4v) is 10.1. The summed E-state index contributed by atoms with van der Waals surface area (Å²) in [5.74, 6) is 1.87. The molecule has 0 radical (unpaired) electrons. The second-order valence-electron chi connectivity index (χ2n) is 13.4. The molecule has 5 heteroatoms. The van der Waals surface area contributed by atoms with E-state index < -0.39 is 5.66 Å². The van der Waals surface area contributed by atoms with E-state index >= 15 is 0 Å². The van der Waals surface area contributed by atoms with Gasteiger partial charge < -0.3 is 13.5 Å². The highest BCUT2D eigenvalue weighted by Gasteiger charge is 2.69. The van der Waals surface area contributed by atoms with Crippen LogP contribution in [0.15, 0.2) is 109 Å². The zero-order valence-corrected chi connectivity index (χ0v) is 25.1. The van der Waals surface area contributed by atoms with Crippen molar-refractivity contribution in [2.45, 2.75) is 19.5 Å². The van der Waals surface area contributed by atoms with E-state index in [0.29, 0.717) is 0 Å². The average molecular weight is 589 g/mol. The van der Waals surface area contributed by atoms with Crippen LogP contribution in [0.25, 0.3) is 76.5 Å². The number of ether oxygens (including phenoxy) is 1. The molecule has 0 fully saturated rings. The van der Waals surface area contributed by atoms with Crippen LogP contribution in [0.4, 0.5) is 0 Å². The van der Waals surface area contributed by atoms with Crippen molar-refractivity contribution in [2.75, 3.05) is 0 Å². The van der Waals surface area contributed by atoms with Crippen molar-refractivity contribution in [2.24, 2.45) is 0 Å². The molecule has 10 aromatic rings. The molecule has 0 amide bonds. The van der Waals surface area contributed by atoms with E-state index in [9.17, 15) is 0 Å². The Morgan fingerprint density at radius 3 is 1.46 bits per heavy atom. The molecule has 0 atom stereocenters. The standard InChI is InChI=1S/C41H24N4O/c1-21-23-9-3-5-13-27(23)44-29-15-17-31-35-33(29)39-25(37(21)44)11-7-19-42(39)41(35)36-32(46-31)18-16-30-34(36)40-26(12-8-20-43(40)41)38-22(2)24-10-4-6-14-28(24)45(30)38/h3-20H,1-2H3/q+2. The molecule has 0 saturated carbocycles. The summed E-state index contributed by atoms with van der Waals surface area (Å²) < 4.78 is 17.1. The van der Waals surface area contributed by atoms with Gasteiger partial charge in [0.1, 0.15) is 11.5 Å². The normalized spacial score (nSPS) is 15.1. The second-order valence-corrected chi connectivity index (χ2v) is 13.4. The van der Waals surface area contributed by atoms with Gasteiger partial charge in [0.05, 0.1) is 54.6 Å². The highest BCUT2D eigenvalue weighted by atomic mass is 16.5. The third-order valence-corrected chi connectivity index (χ3v) is 11.6. The highest BCUT2D eigenvalue weighted by molar-refractivity contribution is 6.20. The second kappa shape index (κ2) is 6.82. The predicted molar refractivity (Wildman–Crippen MR) is 181 cm³/mol. The first-order chi connectivity index (χ1) is 22.7. The average Bonchev–Trinajstić information content (AvgIpc) is 3.79. The number of hydrogen-bond acceptors (Lipinski definition) is 1. The molecule has 6 aromatic heterocycles.